The van der Waals surface area contributed by atoms with E-state index >= 15 is 0 Å². The van der Waals surface area contributed by atoms with E-state index in [2.05, 4.69) is 10.6 Å². The Labute approximate surface area is 72.3 Å². The van der Waals surface area contributed by atoms with Crippen molar-refractivity contribution in [3.05, 3.63) is 0 Å². The largest absolute Gasteiger partial charge is 0.393 e. The van der Waals surface area contributed by atoms with Crippen molar-refractivity contribution in [2.45, 2.75) is 18.9 Å². The summed E-state index contributed by atoms with van der Waals surface area (Å²) in [5, 5.41) is 14.5. The van der Waals surface area contributed by atoms with Crippen LogP contribution in [0.4, 0.5) is 0 Å². The fraction of sp³-hybridized carbons (Fsp3) is 0.875. The van der Waals surface area contributed by atoms with Crippen molar-refractivity contribution in [3.8, 4) is 0 Å². The second kappa shape index (κ2) is 4.42. The summed E-state index contributed by atoms with van der Waals surface area (Å²) in [6.45, 7) is 1.22. The van der Waals surface area contributed by atoms with Crippen LogP contribution < -0.4 is 10.6 Å². The molecule has 0 aromatic heterocycles. The Morgan fingerprint density at radius 1 is 1.58 bits per heavy atom. The summed E-state index contributed by atoms with van der Waals surface area (Å²) in [7, 11) is 1.62. The molecule has 1 rings (SSSR count). The number of carbonyl (C=O) groups excluding carboxylic acids is 1. The van der Waals surface area contributed by atoms with Crippen LogP contribution in [0.3, 0.4) is 0 Å². The average Bonchev–Trinajstić information content (AvgIpc) is 2.01. The van der Waals surface area contributed by atoms with Gasteiger partial charge in [0.1, 0.15) is 0 Å². The van der Waals surface area contributed by atoms with E-state index in [1.165, 1.54) is 0 Å². The minimum absolute atomic E-state index is 0.00914. The van der Waals surface area contributed by atoms with Crippen molar-refractivity contribution in [2.75, 3.05) is 20.1 Å². The van der Waals surface area contributed by atoms with Crippen molar-refractivity contribution in [1.29, 1.82) is 0 Å². The SMILES string of the molecule is CNC(=O)CNCC1CC(O)C1. The zero-order valence-electron chi connectivity index (χ0n) is 7.34. The quantitative estimate of drug-likeness (QED) is 0.514. The first-order valence-corrected chi connectivity index (χ1v) is 4.31. The molecule has 0 atom stereocenters. The van der Waals surface area contributed by atoms with E-state index in [4.69, 9.17) is 5.11 Å². The molecule has 1 saturated carbocycles. The van der Waals surface area contributed by atoms with Gasteiger partial charge < -0.3 is 15.7 Å². The van der Waals surface area contributed by atoms with Crippen LogP contribution in [0.15, 0.2) is 0 Å². The molecule has 4 heteroatoms. The fourth-order valence-electron chi connectivity index (χ4n) is 1.35. The summed E-state index contributed by atoms with van der Waals surface area (Å²) in [5.41, 5.74) is 0. The molecule has 0 spiro atoms. The first kappa shape index (κ1) is 9.48. The van der Waals surface area contributed by atoms with Gasteiger partial charge in [-0.2, -0.15) is 0 Å². The van der Waals surface area contributed by atoms with E-state index in [0.29, 0.717) is 12.5 Å². The molecule has 0 radical (unpaired) electrons. The number of hydrogen-bond donors (Lipinski definition) is 3. The van der Waals surface area contributed by atoms with Crippen LogP contribution >= 0.6 is 0 Å². The molecule has 1 aliphatic rings. The van der Waals surface area contributed by atoms with Crippen LogP contribution in [0.1, 0.15) is 12.8 Å². The van der Waals surface area contributed by atoms with Gasteiger partial charge in [-0.25, -0.2) is 0 Å². The topological polar surface area (TPSA) is 61.4 Å². The molecule has 0 saturated heterocycles. The summed E-state index contributed by atoms with van der Waals surface area (Å²) >= 11 is 0. The highest BCUT2D eigenvalue weighted by molar-refractivity contribution is 5.77. The van der Waals surface area contributed by atoms with Gasteiger partial charge in [0.15, 0.2) is 0 Å². The summed E-state index contributed by atoms with van der Waals surface area (Å²) in [6, 6.07) is 0. The molecule has 1 amide bonds. The zero-order chi connectivity index (χ0) is 8.97. The molecule has 0 aliphatic heterocycles. The van der Waals surface area contributed by atoms with Gasteiger partial charge in [0.2, 0.25) is 5.91 Å². The smallest absolute Gasteiger partial charge is 0.233 e. The summed E-state index contributed by atoms with van der Waals surface area (Å²) in [5.74, 6) is 0.569. The highest BCUT2D eigenvalue weighted by Gasteiger charge is 2.26. The normalized spacial score (nSPS) is 27.8. The Bertz CT molecular complexity index is 155. The Hall–Kier alpha value is -0.610. The summed E-state index contributed by atoms with van der Waals surface area (Å²) in [6.07, 6.45) is 1.65. The third-order valence-electron chi connectivity index (χ3n) is 2.21. The summed E-state index contributed by atoms with van der Waals surface area (Å²) in [4.78, 5) is 10.7. The molecule has 70 valence electrons. The molecule has 4 nitrogen and oxygen atoms in total. The van der Waals surface area contributed by atoms with Crippen molar-refractivity contribution in [1.82, 2.24) is 10.6 Å². The first-order chi connectivity index (χ1) is 5.72. The lowest BCUT2D eigenvalue weighted by molar-refractivity contribution is -0.119. The van der Waals surface area contributed by atoms with Gasteiger partial charge in [-0.3, -0.25) is 4.79 Å². The Morgan fingerprint density at radius 2 is 2.25 bits per heavy atom. The molecule has 0 bridgehead atoms. The fourth-order valence-corrected chi connectivity index (χ4v) is 1.35. The first-order valence-electron chi connectivity index (χ1n) is 4.31. The average molecular weight is 172 g/mol. The van der Waals surface area contributed by atoms with Gasteiger partial charge >= 0.3 is 0 Å². The predicted octanol–water partition coefficient (Wildman–Crippen LogP) is -0.907. The van der Waals surface area contributed by atoms with Crippen molar-refractivity contribution < 1.29 is 9.90 Å². The molecule has 1 fully saturated rings. The zero-order valence-corrected chi connectivity index (χ0v) is 7.34. The standard InChI is InChI=1S/C8H16N2O2/c1-9-8(12)5-10-4-6-2-7(11)3-6/h6-7,10-11H,2-5H2,1H3,(H,9,12). The number of aliphatic hydroxyl groups excluding tert-OH is 1. The van der Waals surface area contributed by atoms with E-state index in [9.17, 15) is 4.79 Å². The van der Waals surface area contributed by atoms with Crippen LogP contribution in [0.5, 0.6) is 0 Å². The lowest BCUT2D eigenvalue weighted by atomic mass is 9.82. The molecule has 12 heavy (non-hydrogen) atoms. The van der Waals surface area contributed by atoms with Gasteiger partial charge in [-0.05, 0) is 25.3 Å². The molecular weight excluding hydrogens is 156 g/mol. The van der Waals surface area contributed by atoms with Crippen LogP contribution in [0.2, 0.25) is 0 Å². The molecule has 0 aromatic carbocycles. The highest BCUT2D eigenvalue weighted by atomic mass is 16.3. The maximum atomic E-state index is 10.7. The van der Waals surface area contributed by atoms with Crippen LogP contribution in [0, 0.1) is 5.92 Å². The van der Waals surface area contributed by atoms with Crippen molar-refractivity contribution in [3.63, 3.8) is 0 Å². The molecule has 0 unspecified atom stereocenters. The van der Waals surface area contributed by atoms with Crippen LogP contribution in [-0.4, -0.2) is 37.3 Å². The third-order valence-corrected chi connectivity index (χ3v) is 2.21. The Kier molecular flexibility index (Phi) is 3.49. The second-order valence-electron chi connectivity index (χ2n) is 3.30. The van der Waals surface area contributed by atoms with Gasteiger partial charge in [-0.15, -0.1) is 0 Å². The maximum Gasteiger partial charge on any atom is 0.233 e. The molecule has 3 N–H and O–H groups in total. The Balaban J connectivity index is 1.93. The molecule has 0 aromatic rings. The minimum atomic E-state index is -0.100. The molecule has 1 aliphatic carbocycles. The van der Waals surface area contributed by atoms with Crippen LogP contribution in [-0.2, 0) is 4.79 Å². The van der Waals surface area contributed by atoms with Crippen LogP contribution in [0.25, 0.3) is 0 Å². The van der Waals surface area contributed by atoms with E-state index in [1.807, 2.05) is 0 Å². The highest BCUT2D eigenvalue weighted by Crippen LogP contribution is 2.25. The number of aliphatic hydroxyl groups is 1. The number of likely N-dealkylation sites (N-methyl/N-ethyl adjacent to an activating group) is 1. The summed E-state index contributed by atoms with van der Waals surface area (Å²) < 4.78 is 0. The van der Waals surface area contributed by atoms with E-state index < -0.39 is 0 Å². The van der Waals surface area contributed by atoms with Crippen molar-refractivity contribution in [2.24, 2.45) is 5.92 Å². The maximum absolute atomic E-state index is 10.7. The third kappa shape index (κ3) is 2.79. The lowest BCUT2D eigenvalue weighted by Crippen LogP contribution is -2.39. The Morgan fingerprint density at radius 3 is 2.75 bits per heavy atom. The molecular formula is C8H16N2O2. The van der Waals surface area contributed by atoms with Gasteiger partial charge in [-0.1, -0.05) is 0 Å². The minimum Gasteiger partial charge on any atom is -0.393 e. The lowest BCUT2D eigenvalue weighted by Gasteiger charge is -2.31. The number of rotatable bonds is 4. The van der Waals surface area contributed by atoms with Gasteiger partial charge in [0.05, 0.1) is 12.6 Å². The number of nitrogens with one attached hydrogen (secondary N) is 2. The number of carbonyl (C=O) groups is 1. The predicted molar refractivity (Wildman–Crippen MR) is 45.7 cm³/mol. The monoisotopic (exact) mass is 172 g/mol. The van der Waals surface area contributed by atoms with Gasteiger partial charge in [0.25, 0.3) is 0 Å². The second-order valence-corrected chi connectivity index (χ2v) is 3.30. The molecule has 0 heterocycles. The number of amides is 1. The van der Waals surface area contributed by atoms with E-state index in [-0.39, 0.29) is 12.0 Å². The number of hydrogen-bond acceptors (Lipinski definition) is 3. The van der Waals surface area contributed by atoms with E-state index in [0.717, 1.165) is 19.4 Å². The van der Waals surface area contributed by atoms with Crippen molar-refractivity contribution >= 4 is 5.91 Å². The van der Waals surface area contributed by atoms with E-state index in [1.54, 1.807) is 7.05 Å². The van der Waals surface area contributed by atoms with Gasteiger partial charge in [0, 0.05) is 7.05 Å².